The summed E-state index contributed by atoms with van der Waals surface area (Å²) in [7, 11) is 0. The van der Waals surface area contributed by atoms with Crippen LogP contribution in [0.15, 0.2) is 4.42 Å². The molecule has 1 saturated heterocycles. The summed E-state index contributed by atoms with van der Waals surface area (Å²) in [5, 5.41) is 9.11. The number of carboxylic acids is 1. The van der Waals surface area contributed by atoms with E-state index in [9.17, 15) is 9.59 Å². The van der Waals surface area contributed by atoms with Gasteiger partial charge in [0.25, 0.3) is 5.91 Å². The number of amides is 1. The first-order valence-electron chi connectivity index (χ1n) is 6.41. The van der Waals surface area contributed by atoms with Gasteiger partial charge in [0.05, 0.1) is 11.5 Å². The van der Waals surface area contributed by atoms with E-state index in [1.165, 1.54) is 0 Å². The summed E-state index contributed by atoms with van der Waals surface area (Å²) in [6, 6.07) is 0. The quantitative estimate of drug-likeness (QED) is 0.887. The van der Waals surface area contributed by atoms with Crippen molar-refractivity contribution in [3.63, 3.8) is 0 Å². The van der Waals surface area contributed by atoms with Crippen molar-refractivity contribution in [2.24, 2.45) is 11.8 Å². The summed E-state index contributed by atoms with van der Waals surface area (Å²) in [4.78, 5) is 25.2. The standard InChI is InChI=1S/C14H19NO4/c1-7-5-15(6-11(7)14(17)18)13(16)12-8(2)9(3)19-10(12)4/h7,11H,5-6H2,1-4H3,(H,17,18)/t7-,11-/m1/s1. The molecule has 19 heavy (non-hydrogen) atoms. The van der Waals surface area contributed by atoms with Crippen LogP contribution >= 0.6 is 0 Å². The Morgan fingerprint density at radius 1 is 1.21 bits per heavy atom. The summed E-state index contributed by atoms with van der Waals surface area (Å²) < 4.78 is 5.46. The lowest BCUT2D eigenvalue weighted by Gasteiger charge is -2.16. The maximum atomic E-state index is 12.5. The molecule has 0 unspecified atom stereocenters. The molecule has 0 bridgehead atoms. The smallest absolute Gasteiger partial charge is 0.308 e. The van der Waals surface area contributed by atoms with Crippen molar-refractivity contribution in [3.05, 3.63) is 22.6 Å². The lowest BCUT2D eigenvalue weighted by molar-refractivity contribution is -0.142. The average Bonchev–Trinajstić information content (AvgIpc) is 2.81. The van der Waals surface area contributed by atoms with Crippen molar-refractivity contribution in [2.45, 2.75) is 27.7 Å². The minimum atomic E-state index is -0.834. The zero-order chi connectivity index (χ0) is 14.3. The van der Waals surface area contributed by atoms with Crippen LogP contribution in [-0.2, 0) is 4.79 Å². The Morgan fingerprint density at radius 2 is 1.84 bits per heavy atom. The summed E-state index contributed by atoms with van der Waals surface area (Å²) in [6.07, 6.45) is 0. The summed E-state index contributed by atoms with van der Waals surface area (Å²) >= 11 is 0. The summed E-state index contributed by atoms with van der Waals surface area (Å²) in [5.41, 5.74) is 1.42. The van der Waals surface area contributed by atoms with Gasteiger partial charge in [0.15, 0.2) is 0 Å². The molecule has 1 aromatic heterocycles. The molecule has 2 atom stereocenters. The second-order valence-corrected chi connectivity index (χ2v) is 5.35. The maximum Gasteiger partial charge on any atom is 0.308 e. The first-order chi connectivity index (χ1) is 8.82. The predicted molar refractivity (Wildman–Crippen MR) is 69.1 cm³/mol. The number of nitrogens with zero attached hydrogens (tertiary/aromatic N) is 1. The largest absolute Gasteiger partial charge is 0.481 e. The maximum absolute atomic E-state index is 12.5. The van der Waals surface area contributed by atoms with Crippen LogP contribution in [0.5, 0.6) is 0 Å². The highest BCUT2D eigenvalue weighted by Gasteiger charge is 2.38. The van der Waals surface area contributed by atoms with Gasteiger partial charge in [0.2, 0.25) is 0 Å². The van der Waals surface area contributed by atoms with Gasteiger partial charge >= 0.3 is 5.97 Å². The molecule has 104 valence electrons. The van der Waals surface area contributed by atoms with E-state index in [4.69, 9.17) is 9.52 Å². The monoisotopic (exact) mass is 265 g/mol. The lowest BCUT2D eigenvalue weighted by Crippen LogP contribution is -2.30. The van der Waals surface area contributed by atoms with E-state index in [0.29, 0.717) is 17.9 Å². The van der Waals surface area contributed by atoms with Crippen molar-refractivity contribution in [1.82, 2.24) is 4.90 Å². The van der Waals surface area contributed by atoms with Crippen LogP contribution in [0.2, 0.25) is 0 Å². The fourth-order valence-electron chi connectivity index (χ4n) is 2.72. The molecule has 2 heterocycles. The molecular formula is C14H19NO4. The van der Waals surface area contributed by atoms with Crippen molar-refractivity contribution in [1.29, 1.82) is 0 Å². The normalized spacial score (nSPS) is 22.8. The molecule has 5 nitrogen and oxygen atoms in total. The third-order valence-electron chi connectivity index (χ3n) is 3.99. The molecule has 1 amide bonds. The van der Waals surface area contributed by atoms with E-state index >= 15 is 0 Å². The zero-order valence-corrected chi connectivity index (χ0v) is 11.7. The second kappa shape index (κ2) is 4.72. The van der Waals surface area contributed by atoms with Crippen LogP contribution in [0, 0.1) is 32.6 Å². The molecule has 1 aliphatic rings. The molecule has 0 aliphatic carbocycles. The van der Waals surface area contributed by atoms with Crippen molar-refractivity contribution >= 4 is 11.9 Å². The van der Waals surface area contributed by atoms with Crippen molar-refractivity contribution in [2.75, 3.05) is 13.1 Å². The molecule has 0 saturated carbocycles. The Labute approximate surface area is 112 Å². The third-order valence-corrected chi connectivity index (χ3v) is 3.99. The number of aliphatic carboxylic acids is 1. The Morgan fingerprint density at radius 3 is 2.26 bits per heavy atom. The fourth-order valence-corrected chi connectivity index (χ4v) is 2.72. The number of hydrogen-bond donors (Lipinski definition) is 1. The van der Waals surface area contributed by atoms with E-state index < -0.39 is 11.9 Å². The number of likely N-dealkylation sites (tertiary alicyclic amines) is 1. The highest BCUT2D eigenvalue weighted by molar-refractivity contribution is 5.97. The first-order valence-corrected chi connectivity index (χ1v) is 6.41. The van der Waals surface area contributed by atoms with Gasteiger partial charge in [-0.3, -0.25) is 9.59 Å². The Kier molecular flexibility index (Phi) is 3.39. The number of carbonyl (C=O) groups excluding carboxylic acids is 1. The highest BCUT2D eigenvalue weighted by Crippen LogP contribution is 2.28. The van der Waals surface area contributed by atoms with Gasteiger partial charge in [0, 0.05) is 18.7 Å². The van der Waals surface area contributed by atoms with Crippen LogP contribution in [-0.4, -0.2) is 35.0 Å². The van der Waals surface area contributed by atoms with Crippen molar-refractivity contribution in [3.8, 4) is 0 Å². The molecular weight excluding hydrogens is 246 g/mol. The number of rotatable bonds is 2. The number of aryl methyl sites for hydroxylation is 2. The predicted octanol–water partition coefficient (Wildman–Crippen LogP) is 2.00. The molecule has 0 aromatic carbocycles. The number of carbonyl (C=O) groups is 2. The molecule has 1 aliphatic heterocycles. The van der Waals surface area contributed by atoms with E-state index in [0.717, 1.165) is 11.3 Å². The van der Waals surface area contributed by atoms with Crippen LogP contribution in [0.4, 0.5) is 0 Å². The molecule has 1 aromatic rings. The van der Waals surface area contributed by atoms with Gasteiger partial charge in [-0.05, 0) is 26.7 Å². The Hall–Kier alpha value is -1.78. The molecule has 0 spiro atoms. The van der Waals surface area contributed by atoms with Crippen LogP contribution in [0.1, 0.15) is 34.4 Å². The summed E-state index contributed by atoms with van der Waals surface area (Å²) in [5.74, 6) is -0.107. The molecule has 2 rings (SSSR count). The number of hydrogen-bond acceptors (Lipinski definition) is 3. The SMILES string of the molecule is Cc1oc(C)c(C(=O)N2C[C@@H](C)[C@H](C(=O)O)C2)c1C. The second-order valence-electron chi connectivity index (χ2n) is 5.35. The zero-order valence-electron chi connectivity index (χ0n) is 11.7. The van der Waals surface area contributed by atoms with Gasteiger partial charge in [-0.1, -0.05) is 6.92 Å². The molecule has 1 N–H and O–H groups in total. The topological polar surface area (TPSA) is 70.8 Å². The first kappa shape index (κ1) is 13.6. The van der Waals surface area contributed by atoms with Gasteiger partial charge < -0.3 is 14.4 Å². The van der Waals surface area contributed by atoms with Crippen LogP contribution in [0.3, 0.4) is 0 Å². The minimum Gasteiger partial charge on any atom is -0.481 e. The lowest BCUT2D eigenvalue weighted by atomic mass is 9.99. The average molecular weight is 265 g/mol. The Bertz CT molecular complexity index is 532. The van der Waals surface area contributed by atoms with E-state index in [1.54, 1.807) is 11.8 Å². The number of furan rings is 1. The van der Waals surface area contributed by atoms with Crippen LogP contribution in [0.25, 0.3) is 0 Å². The van der Waals surface area contributed by atoms with Gasteiger partial charge in [0.1, 0.15) is 11.5 Å². The minimum absolute atomic E-state index is 0.0185. The van der Waals surface area contributed by atoms with E-state index in [2.05, 4.69) is 0 Å². The highest BCUT2D eigenvalue weighted by atomic mass is 16.4. The van der Waals surface area contributed by atoms with Gasteiger partial charge in [-0.2, -0.15) is 0 Å². The fraction of sp³-hybridized carbons (Fsp3) is 0.571. The van der Waals surface area contributed by atoms with E-state index in [-0.39, 0.29) is 18.4 Å². The van der Waals surface area contributed by atoms with Gasteiger partial charge in [-0.25, -0.2) is 0 Å². The molecule has 5 heteroatoms. The van der Waals surface area contributed by atoms with Crippen molar-refractivity contribution < 1.29 is 19.1 Å². The van der Waals surface area contributed by atoms with Gasteiger partial charge in [-0.15, -0.1) is 0 Å². The molecule has 0 radical (unpaired) electrons. The Balaban J connectivity index is 2.24. The number of carboxylic acid groups (broad SMARTS) is 1. The molecule has 1 fully saturated rings. The van der Waals surface area contributed by atoms with Crippen LogP contribution < -0.4 is 0 Å². The third kappa shape index (κ3) is 2.25. The summed E-state index contributed by atoms with van der Waals surface area (Å²) in [6.45, 7) is 8.07. The van der Waals surface area contributed by atoms with E-state index in [1.807, 2.05) is 20.8 Å².